The predicted molar refractivity (Wildman–Crippen MR) is 78.5 cm³/mol. The fraction of sp³-hybridized carbons (Fsp3) is 0.278. The van der Waals surface area contributed by atoms with Gasteiger partial charge < -0.3 is 0 Å². The average Bonchev–Trinajstić information content (AvgIpc) is 2.45. The highest BCUT2D eigenvalue weighted by atomic mass is 14.1. The molecule has 2 aromatic rings. The van der Waals surface area contributed by atoms with Gasteiger partial charge in [0.15, 0.2) is 0 Å². The Kier molecular flexibility index (Phi) is 5.01. The molecule has 0 heteroatoms. The van der Waals surface area contributed by atoms with Crippen LogP contribution < -0.4 is 0 Å². The van der Waals surface area contributed by atoms with Gasteiger partial charge in [0.05, 0.1) is 0 Å². The summed E-state index contributed by atoms with van der Waals surface area (Å²) in [6.07, 6.45) is 5.91. The van der Waals surface area contributed by atoms with Crippen molar-refractivity contribution >= 4 is 0 Å². The van der Waals surface area contributed by atoms with E-state index in [1.807, 2.05) is 0 Å². The summed E-state index contributed by atoms with van der Waals surface area (Å²) >= 11 is 0. The molecule has 0 saturated carbocycles. The Labute approximate surface area is 111 Å². The predicted octanol–water partition coefficient (Wildman–Crippen LogP) is 5.02. The van der Waals surface area contributed by atoms with Crippen LogP contribution in [0.15, 0.2) is 60.7 Å². The molecule has 0 bridgehead atoms. The SMILES string of the molecule is CC(C[CH]CCc1ccccc1)c1ccccc1. The molecular weight excluding hydrogens is 216 g/mol. The lowest BCUT2D eigenvalue weighted by molar-refractivity contribution is 0.711. The maximum absolute atomic E-state index is 2.42. The van der Waals surface area contributed by atoms with E-state index in [0.717, 1.165) is 12.8 Å². The van der Waals surface area contributed by atoms with Crippen LogP contribution in [-0.4, -0.2) is 0 Å². The van der Waals surface area contributed by atoms with Crippen molar-refractivity contribution in [1.29, 1.82) is 0 Å². The van der Waals surface area contributed by atoms with Crippen LogP contribution >= 0.6 is 0 Å². The summed E-state index contributed by atoms with van der Waals surface area (Å²) in [4.78, 5) is 0. The summed E-state index contributed by atoms with van der Waals surface area (Å²) in [6.45, 7) is 2.30. The number of benzene rings is 2. The molecule has 2 aromatic carbocycles. The Morgan fingerprint density at radius 2 is 1.50 bits per heavy atom. The molecule has 0 aromatic heterocycles. The minimum atomic E-state index is 0.627. The van der Waals surface area contributed by atoms with Gasteiger partial charge in [-0.15, -0.1) is 0 Å². The van der Waals surface area contributed by atoms with E-state index in [1.54, 1.807) is 0 Å². The number of aryl methyl sites for hydroxylation is 1. The molecule has 1 atom stereocenters. The molecule has 0 saturated heterocycles. The Balaban J connectivity index is 1.70. The maximum atomic E-state index is 2.42. The molecule has 0 amide bonds. The smallest absolute Gasteiger partial charge is 0.0188 e. The lowest BCUT2D eigenvalue weighted by atomic mass is 9.94. The zero-order valence-electron chi connectivity index (χ0n) is 11.0. The van der Waals surface area contributed by atoms with Gasteiger partial charge in [-0.05, 0) is 42.7 Å². The van der Waals surface area contributed by atoms with E-state index in [2.05, 4.69) is 74.0 Å². The van der Waals surface area contributed by atoms with Gasteiger partial charge in [0, 0.05) is 0 Å². The molecule has 0 aliphatic heterocycles. The molecule has 18 heavy (non-hydrogen) atoms. The van der Waals surface area contributed by atoms with Gasteiger partial charge in [0.2, 0.25) is 0 Å². The summed E-state index contributed by atoms with van der Waals surface area (Å²) in [6, 6.07) is 21.5. The molecule has 93 valence electrons. The van der Waals surface area contributed by atoms with Crippen LogP contribution in [0, 0.1) is 6.42 Å². The topological polar surface area (TPSA) is 0 Å². The van der Waals surface area contributed by atoms with Crippen LogP contribution in [0.2, 0.25) is 0 Å². The summed E-state index contributed by atoms with van der Waals surface area (Å²) in [5.74, 6) is 0.627. The van der Waals surface area contributed by atoms with Gasteiger partial charge in [-0.25, -0.2) is 0 Å². The third kappa shape index (κ3) is 4.03. The molecule has 0 fully saturated rings. The van der Waals surface area contributed by atoms with Gasteiger partial charge in [-0.1, -0.05) is 67.6 Å². The highest BCUT2D eigenvalue weighted by Gasteiger charge is 2.04. The molecule has 0 spiro atoms. The first kappa shape index (κ1) is 12.9. The highest BCUT2D eigenvalue weighted by Crippen LogP contribution is 2.20. The molecule has 2 rings (SSSR count). The zero-order chi connectivity index (χ0) is 12.6. The second-order valence-corrected chi connectivity index (χ2v) is 4.86. The van der Waals surface area contributed by atoms with Crippen LogP contribution in [0.5, 0.6) is 0 Å². The normalized spacial score (nSPS) is 12.3. The van der Waals surface area contributed by atoms with Crippen molar-refractivity contribution in [3.63, 3.8) is 0 Å². The van der Waals surface area contributed by atoms with Crippen molar-refractivity contribution in [3.05, 3.63) is 78.2 Å². The van der Waals surface area contributed by atoms with Crippen molar-refractivity contribution in [3.8, 4) is 0 Å². The van der Waals surface area contributed by atoms with Gasteiger partial charge in [-0.3, -0.25) is 0 Å². The second kappa shape index (κ2) is 7.00. The number of unbranched alkanes of at least 4 members (excludes halogenated alkanes) is 1. The third-order valence-electron chi connectivity index (χ3n) is 3.37. The minimum absolute atomic E-state index is 0.627. The summed E-state index contributed by atoms with van der Waals surface area (Å²) in [5, 5.41) is 0. The monoisotopic (exact) mass is 237 g/mol. The second-order valence-electron chi connectivity index (χ2n) is 4.86. The molecule has 0 nitrogen and oxygen atoms in total. The van der Waals surface area contributed by atoms with Crippen LogP contribution in [0.3, 0.4) is 0 Å². The first-order chi connectivity index (χ1) is 8.86. The molecule has 0 N–H and O–H groups in total. The molecule has 1 radical (unpaired) electrons. The van der Waals surface area contributed by atoms with Crippen LogP contribution in [-0.2, 0) is 6.42 Å². The summed E-state index contributed by atoms with van der Waals surface area (Å²) in [5.41, 5.74) is 2.87. The van der Waals surface area contributed by atoms with Gasteiger partial charge >= 0.3 is 0 Å². The van der Waals surface area contributed by atoms with Crippen molar-refractivity contribution in [2.45, 2.75) is 32.1 Å². The zero-order valence-corrected chi connectivity index (χ0v) is 11.0. The Morgan fingerprint density at radius 3 is 2.17 bits per heavy atom. The van der Waals surface area contributed by atoms with Crippen molar-refractivity contribution < 1.29 is 0 Å². The van der Waals surface area contributed by atoms with Crippen LogP contribution in [0.4, 0.5) is 0 Å². The lowest BCUT2D eigenvalue weighted by Crippen LogP contribution is -1.94. The van der Waals surface area contributed by atoms with Gasteiger partial charge in [0.25, 0.3) is 0 Å². The Bertz CT molecular complexity index is 430. The van der Waals surface area contributed by atoms with Crippen molar-refractivity contribution in [2.24, 2.45) is 0 Å². The largest absolute Gasteiger partial charge is 0.0622 e. The van der Waals surface area contributed by atoms with Gasteiger partial charge in [0.1, 0.15) is 0 Å². The fourth-order valence-electron chi connectivity index (χ4n) is 2.20. The average molecular weight is 237 g/mol. The van der Waals surface area contributed by atoms with E-state index in [9.17, 15) is 0 Å². The lowest BCUT2D eigenvalue weighted by Gasteiger charge is -2.11. The van der Waals surface area contributed by atoms with E-state index in [-0.39, 0.29) is 0 Å². The summed E-state index contributed by atoms with van der Waals surface area (Å²) in [7, 11) is 0. The number of rotatable bonds is 6. The number of hydrogen-bond donors (Lipinski definition) is 0. The van der Waals surface area contributed by atoms with Crippen molar-refractivity contribution in [2.75, 3.05) is 0 Å². The number of hydrogen-bond acceptors (Lipinski definition) is 0. The quantitative estimate of drug-likeness (QED) is 0.619. The Hall–Kier alpha value is -1.56. The minimum Gasteiger partial charge on any atom is -0.0622 e. The first-order valence-electron chi connectivity index (χ1n) is 6.77. The van der Waals surface area contributed by atoms with Crippen molar-refractivity contribution in [1.82, 2.24) is 0 Å². The third-order valence-corrected chi connectivity index (χ3v) is 3.37. The molecular formula is C18H21. The van der Waals surface area contributed by atoms with E-state index in [4.69, 9.17) is 0 Å². The molecule has 0 heterocycles. The first-order valence-corrected chi connectivity index (χ1v) is 6.77. The standard InChI is InChI=1S/C18H21/c1-16(18-14-6-3-7-15-18)10-8-9-13-17-11-4-2-5-12-17/h2-8,11-12,14-16H,9-10,13H2,1H3. The molecule has 0 aliphatic rings. The fourth-order valence-corrected chi connectivity index (χ4v) is 2.20. The Morgan fingerprint density at radius 1 is 0.889 bits per heavy atom. The van der Waals surface area contributed by atoms with E-state index < -0.39 is 0 Å². The van der Waals surface area contributed by atoms with Crippen LogP contribution in [0.25, 0.3) is 0 Å². The molecule has 0 aliphatic carbocycles. The highest BCUT2D eigenvalue weighted by molar-refractivity contribution is 5.19. The van der Waals surface area contributed by atoms with E-state index in [0.29, 0.717) is 5.92 Å². The van der Waals surface area contributed by atoms with Crippen LogP contribution in [0.1, 0.15) is 36.8 Å². The summed E-state index contributed by atoms with van der Waals surface area (Å²) < 4.78 is 0. The van der Waals surface area contributed by atoms with E-state index in [1.165, 1.54) is 17.5 Å². The van der Waals surface area contributed by atoms with E-state index >= 15 is 0 Å². The maximum Gasteiger partial charge on any atom is -0.0188 e. The molecule has 1 unspecified atom stereocenters. The van der Waals surface area contributed by atoms with Gasteiger partial charge in [-0.2, -0.15) is 0 Å².